The molecule has 0 saturated carbocycles. The quantitative estimate of drug-likeness (QED) is 0.214. The lowest BCUT2D eigenvalue weighted by atomic mass is 9.92. The van der Waals surface area contributed by atoms with Crippen LogP contribution in [0.5, 0.6) is 5.75 Å². The van der Waals surface area contributed by atoms with Crippen molar-refractivity contribution in [3.63, 3.8) is 0 Å². The molecule has 0 spiro atoms. The van der Waals surface area contributed by atoms with E-state index in [1.807, 2.05) is 30.3 Å². The molecule has 148 valence electrons. The Morgan fingerprint density at radius 2 is 1.52 bits per heavy atom. The Morgan fingerprint density at radius 3 is 2.15 bits per heavy atom. The Balaban J connectivity index is 1.80. The molecule has 0 aromatic heterocycles. The van der Waals surface area contributed by atoms with Crippen molar-refractivity contribution in [1.29, 1.82) is 0 Å². The van der Waals surface area contributed by atoms with Gasteiger partial charge in [-0.3, -0.25) is 0 Å². The second kappa shape index (κ2) is 12.4. The lowest BCUT2D eigenvalue weighted by Gasteiger charge is -2.29. The van der Waals surface area contributed by atoms with Gasteiger partial charge < -0.3 is 14.2 Å². The molecule has 0 heterocycles. The van der Waals surface area contributed by atoms with Crippen molar-refractivity contribution in [3.05, 3.63) is 65.7 Å². The van der Waals surface area contributed by atoms with E-state index in [0.717, 1.165) is 23.2 Å². The molecule has 0 aliphatic rings. The van der Waals surface area contributed by atoms with Crippen LogP contribution >= 0.6 is 22.6 Å². The van der Waals surface area contributed by atoms with E-state index in [0.29, 0.717) is 25.0 Å². The first-order valence-corrected chi connectivity index (χ1v) is 11.1. The van der Waals surface area contributed by atoms with Gasteiger partial charge in [-0.15, -0.1) is 0 Å². The fourth-order valence-electron chi connectivity index (χ4n) is 3.09. The number of rotatable bonds is 12. The summed E-state index contributed by atoms with van der Waals surface area (Å²) in [5.74, 6) is 1.83. The van der Waals surface area contributed by atoms with Crippen molar-refractivity contribution >= 4 is 22.6 Å². The van der Waals surface area contributed by atoms with E-state index >= 15 is 0 Å². The van der Waals surface area contributed by atoms with Crippen LogP contribution in [0.3, 0.4) is 0 Å². The third-order valence-electron chi connectivity index (χ3n) is 4.80. The average Bonchev–Trinajstić information content (AvgIpc) is 2.72. The van der Waals surface area contributed by atoms with Crippen molar-refractivity contribution in [2.45, 2.75) is 39.6 Å². The molecule has 2 aromatic carbocycles. The molecule has 27 heavy (non-hydrogen) atoms. The minimum absolute atomic E-state index is 0.226. The molecule has 0 aliphatic carbocycles. The highest BCUT2D eigenvalue weighted by Crippen LogP contribution is 2.24. The molecule has 3 unspecified atom stereocenters. The number of hydrogen-bond acceptors (Lipinski definition) is 3. The highest BCUT2D eigenvalue weighted by molar-refractivity contribution is 14.1. The van der Waals surface area contributed by atoms with Gasteiger partial charge in [0.05, 0.1) is 26.4 Å². The number of halogens is 1. The highest BCUT2D eigenvalue weighted by Gasteiger charge is 2.24. The minimum atomic E-state index is 0.226. The van der Waals surface area contributed by atoms with Crippen LogP contribution in [-0.2, 0) is 22.7 Å². The molecular weight excluding hydrogens is 451 g/mol. The molecule has 0 fully saturated rings. The molecule has 0 radical (unpaired) electrons. The molecule has 4 heteroatoms. The predicted octanol–water partition coefficient (Wildman–Crippen LogP) is 5.89. The first-order valence-electron chi connectivity index (χ1n) is 9.56. The van der Waals surface area contributed by atoms with Crippen molar-refractivity contribution < 1.29 is 14.2 Å². The van der Waals surface area contributed by atoms with Gasteiger partial charge in [0.1, 0.15) is 5.75 Å². The van der Waals surface area contributed by atoms with Crippen LogP contribution in [0.2, 0.25) is 0 Å². The van der Waals surface area contributed by atoms with E-state index in [1.54, 1.807) is 7.11 Å². The Morgan fingerprint density at radius 1 is 0.852 bits per heavy atom. The van der Waals surface area contributed by atoms with Gasteiger partial charge in [-0.2, -0.15) is 0 Å². The summed E-state index contributed by atoms with van der Waals surface area (Å²) < 4.78 is 18.5. The Labute approximate surface area is 177 Å². The smallest absolute Gasteiger partial charge is 0.118 e. The summed E-state index contributed by atoms with van der Waals surface area (Å²) in [5, 5.41) is 0. The van der Waals surface area contributed by atoms with Gasteiger partial charge in [-0.1, -0.05) is 78.9 Å². The van der Waals surface area contributed by atoms with E-state index in [2.05, 4.69) is 60.7 Å². The third-order valence-corrected chi connectivity index (χ3v) is 6.18. The minimum Gasteiger partial charge on any atom is -0.497 e. The van der Waals surface area contributed by atoms with Crippen LogP contribution in [0, 0.1) is 11.8 Å². The number of benzene rings is 2. The average molecular weight is 482 g/mol. The SMILES string of the molecule is COc1ccc(COC(C(C)CI)C(C)CCOCc2ccccc2)cc1. The van der Waals surface area contributed by atoms with Crippen molar-refractivity contribution in [3.8, 4) is 5.75 Å². The maximum absolute atomic E-state index is 6.33. The van der Waals surface area contributed by atoms with Gasteiger partial charge in [0.25, 0.3) is 0 Å². The summed E-state index contributed by atoms with van der Waals surface area (Å²) in [4.78, 5) is 0. The van der Waals surface area contributed by atoms with Gasteiger partial charge in [0.15, 0.2) is 0 Å². The van der Waals surface area contributed by atoms with Crippen LogP contribution in [0.1, 0.15) is 31.4 Å². The molecule has 0 saturated heterocycles. The lowest BCUT2D eigenvalue weighted by Crippen LogP contribution is -2.30. The molecule has 2 rings (SSSR count). The van der Waals surface area contributed by atoms with Crippen LogP contribution in [-0.4, -0.2) is 24.2 Å². The largest absolute Gasteiger partial charge is 0.497 e. The van der Waals surface area contributed by atoms with Gasteiger partial charge in [0.2, 0.25) is 0 Å². The number of ether oxygens (including phenoxy) is 3. The molecule has 0 amide bonds. The van der Waals surface area contributed by atoms with E-state index in [9.17, 15) is 0 Å². The number of methoxy groups -OCH3 is 1. The predicted molar refractivity (Wildman–Crippen MR) is 120 cm³/mol. The van der Waals surface area contributed by atoms with E-state index < -0.39 is 0 Å². The lowest BCUT2D eigenvalue weighted by molar-refractivity contribution is -0.0313. The van der Waals surface area contributed by atoms with Gasteiger partial charge in [-0.05, 0) is 41.5 Å². The van der Waals surface area contributed by atoms with E-state index in [4.69, 9.17) is 14.2 Å². The van der Waals surface area contributed by atoms with Crippen LogP contribution in [0.4, 0.5) is 0 Å². The van der Waals surface area contributed by atoms with Crippen molar-refractivity contribution in [2.24, 2.45) is 11.8 Å². The van der Waals surface area contributed by atoms with Crippen LogP contribution < -0.4 is 4.74 Å². The zero-order chi connectivity index (χ0) is 19.5. The maximum atomic E-state index is 6.33. The molecule has 2 aromatic rings. The topological polar surface area (TPSA) is 27.7 Å². The second-order valence-corrected chi connectivity index (χ2v) is 7.94. The number of alkyl halides is 1. The Kier molecular flexibility index (Phi) is 10.2. The van der Waals surface area contributed by atoms with Gasteiger partial charge in [-0.25, -0.2) is 0 Å². The van der Waals surface area contributed by atoms with Crippen LogP contribution in [0.25, 0.3) is 0 Å². The maximum Gasteiger partial charge on any atom is 0.118 e. The first kappa shape index (κ1) is 22.2. The highest BCUT2D eigenvalue weighted by atomic mass is 127. The molecule has 0 N–H and O–H groups in total. The van der Waals surface area contributed by atoms with E-state index in [1.165, 1.54) is 11.1 Å². The monoisotopic (exact) mass is 482 g/mol. The molecule has 3 atom stereocenters. The summed E-state index contributed by atoms with van der Waals surface area (Å²) in [6.45, 7) is 6.60. The fraction of sp³-hybridized carbons (Fsp3) is 0.478. The van der Waals surface area contributed by atoms with Crippen molar-refractivity contribution in [1.82, 2.24) is 0 Å². The Hall–Kier alpha value is -1.11. The summed E-state index contributed by atoms with van der Waals surface area (Å²) in [5.41, 5.74) is 2.40. The summed E-state index contributed by atoms with van der Waals surface area (Å²) in [7, 11) is 1.69. The number of hydrogen-bond donors (Lipinski definition) is 0. The fourth-order valence-corrected chi connectivity index (χ4v) is 3.59. The molecule has 0 aliphatic heterocycles. The Bertz CT molecular complexity index is 630. The third kappa shape index (κ3) is 7.80. The zero-order valence-electron chi connectivity index (χ0n) is 16.6. The summed E-state index contributed by atoms with van der Waals surface area (Å²) >= 11 is 2.45. The van der Waals surface area contributed by atoms with Gasteiger partial charge in [0, 0.05) is 11.0 Å². The molecule has 0 bridgehead atoms. The first-order chi connectivity index (χ1) is 13.1. The molecular formula is C23H31IO3. The summed E-state index contributed by atoms with van der Waals surface area (Å²) in [6, 6.07) is 18.4. The summed E-state index contributed by atoms with van der Waals surface area (Å²) in [6.07, 6.45) is 1.23. The van der Waals surface area contributed by atoms with Crippen molar-refractivity contribution in [2.75, 3.05) is 18.1 Å². The van der Waals surface area contributed by atoms with Gasteiger partial charge >= 0.3 is 0 Å². The molecule has 3 nitrogen and oxygen atoms in total. The van der Waals surface area contributed by atoms with Crippen LogP contribution in [0.15, 0.2) is 54.6 Å². The second-order valence-electron chi connectivity index (χ2n) is 7.06. The van der Waals surface area contributed by atoms with E-state index in [-0.39, 0.29) is 6.10 Å². The zero-order valence-corrected chi connectivity index (χ0v) is 18.7. The standard InChI is InChI=1S/C23H31IO3/c1-18(13-14-26-16-20-7-5-4-6-8-20)23(19(2)15-24)27-17-21-9-11-22(25-3)12-10-21/h4-12,18-19,23H,13-17H2,1-3H3. The normalized spacial score (nSPS) is 14.5.